The number of aromatic nitrogens is 3. The summed E-state index contributed by atoms with van der Waals surface area (Å²) in [5.41, 5.74) is 9.33. The van der Waals surface area contributed by atoms with Crippen LogP contribution in [0.3, 0.4) is 0 Å². The summed E-state index contributed by atoms with van der Waals surface area (Å²) in [6.07, 6.45) is 4.68. The molecular weight excluding hydrogens is 501 g/mol. The smallest absolute Gasteiger partial charge is 0.325 e. The van der Waals surface area contributed by atoms with Gasteiger partial charge in [-0.3, -0.25) is 19.2 Å². The minimum Gasteiger partial charge on any atom is -0.384 e. The van der Waals surface area contributed by atoms with Crippen molar-refractivity contribution in [3.05, 3.63) is 70.9 Å². The normalized spacial score (nSPS) is 17.5. The number of nitrogens with two attached hydrogens (primary N) is 1. The molecule has 0 bridgehead atoms. The van der Waals surface area contributed by atoms with Crippen LogP contribution in [0.5, 0.6) is 0 Å². The van der Waals surface area contributed by atoms with Crippen LogP contribution in [0.2, 0.25) is 0 Å². The molecule has 0 aliphatic carbocycles. The van der Waals surface area contributed by atoms with Crippen molar-refractivity contribution in [1.82, 2.24) is 25.0 Å². The van der Waals surface area contributed by atoms with Gasteiger partial charge < -0.3 is 16.0 Å². The predicted molar refractivity (Wildman–Crippen MR) is 145 cm³/mol. The molecule has 0 spiro atoms. The Morgan fingerprint density at radius 1 is 1.23 bits per heavy atom. The number of aryl methyl sites for hydroxylation is 3. The van der Waals surface area contributed by atoms with Crippen LogP contribution in [0.15, 0.2) is 42.7 Å². The van der Waals surface area contributed by atoms with Gasteiger partial charge >= 0.3 is 6.03 Å². The zero-order chi connectivity index (χ0) is 28.4. The Bertz CT molecular complexity index is 1390. The van der Waals surface area contributed by atoms with E-state index in [0.29, 0.717) is 35.6 Å². The summed E-state index contributed by atoms with van der Waals surface area (Å²) >= 11 is 0. The summed E-state index contributed by atoms with van der Waals surface area (Å²) in [6.45, 7) is 5.59. The van der Waals surface area contributed by atoms with Gasteiger partial charge in [0.2, 0.25) is 5.91 Å². The van der Waals surface area contributed by atoms with Gasteiger partial charge in [0.05, 0.1) is 23.8 Å². The number of nitrogens with zero attached hydrogens (tertiary/aromatic N) is 5. The van der Waals surface area contributed by atoms with Gasteiger partial charge in [-0.1, -0.05) is 19.4 Å². The van der Waals surface area contributed by atoms with Gasteiger partial charge in [-0.2, -0.15) is 5.10 Å². The van der Waals surface area contributed by atoms with Crippen LogP contribution in [0, 0.1) is 25.6 Å². The highest BCUT2D eigenvalue weighted by atomic mass is 19.1. The van der Waals surface area contributed by atoms with E-state index < -0.39 is 41.7 Å². The number of likely N-dealkylation sites (tertiary alicyclic amines) is 1. The van der Waals surface area contributed by atoms with E-state index in [1.165, 1.54) is 23.2 Å². The molecule has 206 valence electrons. The maximum atomic E-state index is 14.1. The fourth-order valence-corrected chi connectivity index (χ4v) is 5.10. The number of carbonyl (C=O) groups excluding carboxylic acids is 3. The van der Waals surface area contributed by atoms with E-state index in [4.69, 9.17) is 5.73 Å². The third-order valence-corrected chi connectivity index (χ3v) is 7.08. The lowest BCUT2D eigenvalue weighted by Gasteiger charge is -2.46. The van der Waals surface area contributed by atoms with Gasteiger partial charge in [-0.25, -0.2) is 14.2 Å². The zero-order valence-corrected chi connectivity index (χ0v) is 22.8. The summed E-state index contributed by atoms with van der Waals surface area (Å²) in [5, 5.41) is 7.01. The second kappa shape index (κ2) is 11.2. The lowest BCUT2D eigenvalue weighted by atomic mass is 9.81. The van der Waals surface area contributed by atoms with Gasteiger partial charge in [0.1, 0.15) is 17.7 Å². The number of imide groups is 1. The van der Waals surface area contributed by atoms with Crippen LogP contribution < -0.4 is 16.0 Å². The first kappa shape index (κ1) is 27.7. The number of rotatable bonds is 8. The van der Waals surface area contributed by atoms with Gasteiger partial charge in [0.15, 0.2) is 0 Å². The number of nitrogens with one attached hydrogen (secondary N) is 1. The average Bonchev–Trinajstić information content (AvgIpc) is 3.31. The fraction of sp³-hybridized carbons (Fsp3) is 0.393. The number of nitrogen functional groups attached to an aromatic ring is 1. The van der Waals surface area contributed by atoms with Gasteiger partial charge in [-0.15, -0.1) is 0 Å². The second-order valence-electron chi connectivity index (χ2n) is 10.1. The van der Waals surface area contributed by atoms with Crippen molar-refractivity contribution in [3.63, 3.8) is 0 Å². The molecule has 3 atom stereocenters. The number of hydrogen-bond acceptors (Lipinski definition) is 6. The standard InChI is InChI=1S/C28H34FN7O3/c1-6-7-23(21-13-19(29)9-8-16(21)2)33-28(39)36-25(27(38)35(5)20-14-31-34(4)15-20)22(26(36)37)11-18-10-17(3)32-24(30)12-18/h8-10,12-15,22-23,25H,6-7,11H2,1-5H3,(H2,30,32)(H,33,39)/t22-,23-,25+/m1/s1. The Morgan fingerprint density at radius 3 is 2.62 bits per heavy atom. The van der Waals surface area contributed by atoms with Crippen molar-refractivity contribution in [2.24, 2.45) is 13.0 Å². The number of β-lactam (4-membered cyclic amide) rings is 1. The molecule has 3 aromatic rings. The first-order valence-corrected chi connectivity index (χ1v) is 12.9. The van der Waals surface area contributed by atoms with Crippen molar-refractivity contribution in [1.29, 1.82) is 0 Å². The number of benzene rings is 1. The molecule has 39 heavy (non-hydrogen) atoms. The van der Waals surface area contributed by atoms with E-state index >= 15 is 0 Å². The van der Waals surface area contributed by atoms with Crippen molar-refractivity contribution < 1.29 is 18.8 Å². The first-order chi connectivity index (χ1) is 18.5. The number of urea groups is 1. The van der Waals surface area contributed by atoms with Crippen molar-refractivity contribution in [2.45, 2.75) is 52.1 Å². The molecule has 1 aliphatic rings. The second-order valence-corrected chi connectivity index (χ2v) is 10.1. The molecule has 2 aromatic heterocycles. The number of pyridine rings is 1. The number of hydrogen-bond donors (Lipinski definition) is 2. The Kier molecular flexibility index (Phi) is 7.98. The third kappa shape index (κ3) is 5.76. The van der Waals surface area contributed by atoms with E-state index in [-0.39, 0.29) is 6.42 Å². The Morgan fingerprint density at radius 2 is 1.97 bits per heavy atom. The van der Waals surface area contributed by atoms with Crippen LogP contribution >= 0.6 is 0 Å². The monoisotopic (exact) mass is 535 g/mol. The minimum atomic E-state index is -1.05. The maximum Gasteiger partial charge on any atom is 0.325 e. The molecule has 1 fully saturated rings. The summed E-state index contributed by atoms with van der Waals surface area (Å²) in [4.78, 5) is 47.3. The highest BCUT2D eigenvalue weighted by Crippen LogP contribution is 2.34. The van der Waals surface area contributed by atoms with E-state index in [9.17, 15) is 18.8 Å². The largest absolute Gasteiger partial charge is 0.384 e. The van der Waals surface area contributed by atoms with Crippen LogP contribution in [-0.4, -0.2) is 50.6 Å². The molecule has 4 amide bonds. The number of amides is 4. The molecule has 10 nitrogen and oxygen atoms in total. The number of anilines is 2. The molecular formula is C28H34FN7O3. The Hall–Kier alpha value is -4.28. The maximum absolute atomic E-state index is 14.1. The number of carbonyl (C=O) groups is 3. The summed E-state index contributed by atoms with van der Waals surface area (Å²) in [5.74, 6) is -1.76. The SMILES string of the molecule is CCC[C@@H](NC(=O)N1C(=O)[C@H](Cc2cc(C)nc(N)c2)[C@H]1C(=O)N(C)c1cnn(C)c1)c1cc(F)ccc1C. The topological polar surface area (TPSA) is 126 Å². The third-order valence-electron chi connectivity index (χ3n) is 7.08. The van der Waals surface area contributed by atoms with E-state index in [0.717, 1.165) is 16.0 Å². The molecule has 4 rings (SSSR count). The molecule has 1 saturated heterocycles. The predicted octanol–water partition coefficient (Wildman–Crippen LogP) is 3.44. The lowest BCUT2D eigenvalue weighted by molar-refractivity contribution is -0.156. The molecule has 1 aromatic carbocycles. The first-order valence-electron chi connectivity index (χ1n) is 12.9. The number of likely N-dealkylation sites (N-methyl/N-ethyl adjacent to an activating group) is 1. The van der Waals surface area contributed by atoms with Crippen molar-refractivity contribution in [3.8, 4) is 0 Å². The highest BCUT2D eigenvalue weighted by molar-refractivity contribution is 6.12. The average molecular weight is 536 g/mol. The van der Waals surface area contributed by atoms with Crippen LogP contribution in [-0.2, 0) is 23.1 Å². The fourth-order valence-electron chi connectivity index (χ4n) is 5.10. The van der Waals surface area contributed by atoms with Gasteiger partial charge in [-0.05, 0) is 67.6 Å². The minimum absolute atomic E-state index is 0.217. The van der Waals surface area contributed by atoms with Crippen LogP contribution in [0.25, 0.3) is 0 Å². The summed E-state index contributed by atoms with van der Waals surface area (Å²) in [7, 11) is 3.32. The van der Waals surface area contributed by atoms with Gasteiger partial charge in [0.25, 0.3) is 5.91 Å². The molecule has 3 heterocycles. The van der Waals surface area contributed by atoms with Crippen LogP contribution in [0.1, 0.15) is 48.2 Å². The molecule has 11 heteroatoms. The van der Waals surface area contributed by atoms with E-state index in [2.05, 4.69) is 15.4 Å². The Balaban J connectivity index is 1.64. The molecule has 0 unspecified atom stereocenters. The molecule has 1 aliphatic heterocycles. The number of halogens is 1. The van der Waals surface area contributed by atoms with Crippen molar-refractivity contribution >= 4 is 29.4 Å². The quantitative estimate of drug-likeness (QED) is 0.426. The molecule has 0 radical (unpaired) electrons. The van der Waals surface area contributed by atoms with E-state index in [1.807, 2.05) is 19.9 Å². The van der Waals surface area contributed by atoms with Gasteiger partial charge in [0, 0.05) is 26.0 Å². The van der Waals surface area contributed by atoms with Crippen molar-refractivity contribution in [2.75, 3.05) is 17.7 Å². The zero-order valence-electron chi connectivity index (χ0n) is 22.8. The highest BCUT2D eigenvalue weighted by Gasteiger charge is 2.55. The van der Waals surface area contributed by atoms with E-state index in [1.54, 1.807) is 44.0 Å². The van der Waals surface area contributed by atoms with Crippen LogP contribution in [0.4, 0.5) is 20.7 Å². The Labute approximate surface area is 227 Å². The summed E-state index contributed by atoms with van der Waals surface area (Å²) < 4.78 is 15.6. The molecule has 3 N–H and O–H groups in total. The summed E-state index contributed by atoms with van der Waals surface area (Å²) in [6, 6.07) is 5.62. The lowest BCUT2D eigenvalue weighted by Crippen LogP contribution is -2.70. The molecule has 0 saturated carbocycles.